The summed E-state index contributed by atoms with van der Waals surface area (Å²) in [4.78, 5) is 107. The molecule has 2 N–H and O–H groups in total. The summed E-state index contributed by atoms with van der Waals surface area (Å²) in [5.74, 6) is -1.11. The number of piperazine rings is 1. The maximum atomic E-state index is 13.1. The summed E-state index contributed by atoms with van der Waals surface area (Å²) < 4.78 is 22.1. The number of hydrogen-bond acceptors (Lipinski definition) is 16. The maximum absolute atomic E-state index is 13.1. The van der Waals surface area contributed by atoms with Gasteiger partial charge in [0.25, 0.3) is 0 Å². The van der Waals surface area contributed by atoms with Gasteiger partial charge < -0.3 is 39.4 Å². The number of unbranched alkanes of at least 4 members (excludes halogenated alkanes) is 28. The molecule has 0 saturated carbocycles. The molecule has 1 heterocycles. The van der Waals surface area contributed by atoms with Gasteiger partial charge in [-0.25, -0.2) is 0 Å². The number of amides is 2. The van der Waals surface area contributed by atoms with Crippen molar-refractivity contribution in [1.29, 1.82) is 0 Å². The summed E-state index contributed by atoms with van der Waals surface area (Å²) in [6.07, 6.45) is 38.0. The predicted octanol–water partition coefficient (Wildman–Crippen LogP) is 13.9. The molecule has 84 heavy (non-hydrogen) atoms. The van der Waals surface area contributed by atoms with Gasteiger partial charge >= 0.3 is 23.9 Å². The van der Waals surface area contributed by atoms with E-state index in [-0.39, 0.29) is 85.5 Å². The summed E-state index contributed by atoms with van der Waals surface area (Å²) in [6, 6.07) is -1.77. The van der Waals surface area contributed by atoms with Gasteiger partial charge in [-0.1, -0.05) is 231 Å². The quantitative estimate of drug-likeness (QED) is 0.0330. The monoisotopic (exact) mass is 1220 g/mol. The van der Waals surface area contributed by atoms with Gasteiger partial charge in [-0.05, 0) is 38.5 Å². The molecule has 1 rings (SSSR count). The van der Waals surface area contributed by atoms with Crippen molar-refractivity contribution in [2.45, 2.75) is 297 Å². The standard InChI is InChI=1S/C66H120N4O12S2/c1-5-9-13-17-21-25-29-33-51-79-59(71)41-45-69(46-42-60(72)80-52-34-30-26-22-18-14-10-6-2)49-55-83-63(75)39-37-57-65(77)68-58(66(78)67-57)38-40-64(76)84-56-50-70(47-43-61(73)81-53-35-31-27-23-19-15-11-7-3)48-44-62(74)82-54-36-32-28-24-20-16-12-8-4/h57-58H,5-56H2,1-4H3,(H,67,78)(H,68,77). The zero-order chi connectivity index (χ0) is 61.4. The van der Waals surface area contributed by atoms with Gasteiger partial charge in [0.05, 0.1) is 52.1 Å². The smallest absolute Gasteiger partial charge is 0.307 e. The molecule has 0 aromatic carbocycles. The molecule has 0 radical (unpaired) electrons. The Morgan fingerprint density at radius 2 is 0.560 bits per heavy atom. The highest BCUT2D eigenvalue weighted by Gasteiger charge is 2.34. The maximum Gasteiger partial charge on any atom is 0.307 e. The molecule has 2 unspecified atom stereocenters. The molecule has 1 aliphatic rings. The van der Waals surface area contributed by atoms with E-state index >= 15 is 0 Å². The molecule has 1 aliphatic heterocycles. The van der Waals surface area contributed by atoms with Crippen molar-refractivity contribution < 1.29 is 57.3 Å². The van der Waals surface area contributed by atoms with Crippen molar-refractivity contribution in [3.05, 3.63) is 0 Å². The van der Waals surface area contributed by atoms with Crippen LogP contribution in [-0.2, 0) is 57.3 Å². The molecule has 0 bridgehead atoms. The number of nitrogens with one attached hydrogen (secondary N) is 2. The molecule has 1 fully saturated rings. The molecule has 0 aliphatic carbocycles. The number of ether oxygens (including phenoxy) is 4. The number of esters is 4. The molecular weight excluding hydrogens is 1100 g/mol. The summed E-state index contributed by atoms with van der Waals surface area (Å²) >= 11 is 2.24. The van der Waals surface area contributed by atoms with E-state index in [1.807, 2.05) is 9.80 Å². The lowest BCUT2D eigenvalue weighted by Crippen LogP contribution is -2.61. The van der Waals surface area contributed by atoms with Crippen LogP contribution in [0.2, 0.25) is 0 Å². The first kappa shape index (κ1) is 78.8. The van der Waals surface area contributed by atoms with E-state index < -0.39 is 23.9 Å². The average Bonchev–Trinajstić information content (AvgIpc) is 3.68. The van der Waals surface area contributed by atoms with Crippen LogP contribution in [0.15, 0.2) is 0 Å². The summed E-state index contributed by atoms with van der Waals surface area (Å²) in [7, 11) is 0. The highest BCUT2D eigenvalue weighted by molar-refractivity contribution is 8.13. The van der Waals surface area contributed by atoms with E-state index in [0.717, 1.165) is 101 Å². The Kier molecular flexibility index (Phi) is 54.0. The summed E-state index contributed by atoms with van der Waals surface area (Å²) in [6.45, 7) is 12.9. The Labute approximate surface area is 518 Å². The van der Waals surface area contributed by atoms with Gasteiger partial charge in [0, 0.05) is 63.6 Å². The van der Waals surface area contributed by atoms with E-state index in [0.29, 0.717) is 77.2 Å². The SMILES string of the molecule is CCCCCCCCCCOC(=O)CCN(CCSC(=O)CCC1NC(=O)C(CCC(=O)SCCN(CCC(=O)OCCCCCCCCCC)CCC(=O)OCCCCCCCCCC)NC1=O)CCC(=O)OCCCCCCCCCC. The molecule has 16 nitrogen and oxygen atoms in total. The van der Waals surface area contributed by atoms with Crippen molar-refractivity contribution in [2.24, 2.45) is 0 Å². The normalized spacial score (nSPS) is 14.2. The zero-order valence-electron chi connectivity index (χ0n) is 53.5. The van der Waals surface area contributed by atoms with Crippen LogP contribution in [0.1, 0.15) is 285 Å². The average molecular weight is 1230 g/mol. The molecule has 1 saturated heterocycles. The van der Waals surface area contributed by atoms with Crippen molar-refractivity contribution in [1.82, 2.24) is 20.4 Å². The second-order valence-corrected chi connectivity index (χ2v) is 25.4. The molecule has 2 amide bonds. The van der Waals surface area contributed by atoms with Gasteiger partial charge in [-0.3, -0.25) is 38.4 Å². The Bertz CT molecular complexity index is 1510. The van der Waals surface area contributed by atoms with Crippen molar-refractivity contribution in [3.63, 3.8) is 0 Å². The molecule has 0 spiro atoms. The first-order chi connectivity index (χ1) is 40.9. The Morgan fingerprint density at radius 1 is 0.333 bits per heavy atom. The minimum absolute atomic E-state index is 0.0525. The lowest BCUT2D eigenvalue weighted by atomic mass is 10.0. The number of hydrogen-bond donors (Lipinski definition) is 2. The van der Waals surface area contributed by atoms with Crippen LogP contribution in [0, 0.1) is 0 Å². The fourth-order valence-corrected chi connectivity index (χ4v) is 11.7. The Balaban J connectivity index is 2.58. The molecular formula is C66H120N4O12S2. The Morgan fingerprint density at radius 3 is 0.798 bits per heavy atom. The van der Waals surface area contributed by atoms with E-state index in [9.17, 15) is 38.4 Å². The molecule has 2 atom stereocenters. The minimum atomic E-state index is -0.885. The van der Waals surface area contributed by atoms with Crippen LogP contribution < -0.4 is 10.6 Å². The lowest BCUT2D eigenvalue weighted by Gasteiger charge is -2.29. The fourth-order valence-electron chi connectivity index (χ4n) is 9.97. The molecule has 0 aromatic heterocycles. The highest BCUT2D eigenvalue weighted by Crippen LogP contribution is 2.18. The molecule has 0 aromatic rings. The van der Waals surface area contributed by atoms with Crippen LogP contribution in [-0.4, -0.2) is 145 Å². The molecule has 488 valence electrons. The van der Waals surface area contributed by atoms with Gasteiger partial charge in [0.1, 0.15) is 12.1 Å². The second-order valence-electron chi connectivity index (χ2n) is 23.1. The second kappa shape index (κ2) is 57.5. The fraction of sp³-hybridized carbons (Fsp3) is 0.879. The third-order valence-corrected chi connectivity index (χ3v) is 17.3. The van der Waals surface area contributed by atoms with Gasteiger partial charge in [-0.15, -0.1) is 0 Å². The van der Waals surface area contributed by atoms with Crippen LogP contribution in [0.4, 0.5) is 0 Å². The predicted molar refractivity (Wildman–Crippen MR) is 343 cm³/mol. The zero-order valence-corrected chi connectivity index (χ0v) is 55.2. The van der Waals surface area contributed by atoms with Gasteiger partial charge in [-0.2, -0.15) is 0 Å². The van der Waals surface area contributed by atoms with Crippen LogP contribution >= 0.6 is 23.5 Å². The van der Waals surface area contributed by atoms with E-state index in [2.05, 4.69) is 38.3 Å². The number of thioether (sulfide) groups is 2. The number of nitrogens with zero attached hydrogens (tertiary/aromatic N) is 2. The number of rotatable bonds is 60. The van der Waals surface area contributed by atoms with Crippen molar-refractivity contribution in [3.8, 4) is 0 Å². The third kappa shape index (κ3) is 48.8. The minimum Gasteiger partial charge on any atom is -0.466 e. The van der Waals surface area contributed by atoms with Crippen LogP contribution in [0.25, 0.3) is 0 Å². The first-order valence-electron chi connectivity index (χ1n) is 33.9. The van der Waals surface area contributed by atoms with Crippen molar-refractivity contribution in [2.75, 3.05) is 77.2 Å². The van der Waals surface area contributed by atoms with Gasteiger partial charge in [0.15, 0.2) is 10.2 Å². The van der Waals surface area contributed by atoms with Gasteiger partial charge in [0.2, 0.25) is 11.8 Å². The van der Waals surface area contributed by atoms with Crippen LogP contribution in [0.3, 0.4) is 0 Å². The number of carbonyl (C=O) groups is 8. The third-order valence-electron chi connectivity index (χ3n) is 15.5. The van der Waals surface area contributed by atoms with Crippen molar-refractivity contribution >= 4 is 69.4 Å². The van der Waals surface area contributed by atoms with E-state index in [1.165, 1.54) is 128 Å². The Hall–Kier alpha value is -3.22. The van der Waals surface area contributed by atoms with Crippen LogP contribution in [0.5, 0.6) is 0 Å². The topological polar surface area (TPSA) is 204 Å². The lowest BCUT2D eigenvalue weighted by molar-refractivity contribution is -0.146. The highest BCUT2D eigenvalue weighted by atomic mass is 32.2. The summed E-state index contributed by atoms with van der Waals surface area (Å²) in [5, 5.41) is 5.21. The number of carbonyl (C=O) groups excluding carboxylic acids is 8. The van der Waals surface area contributed by atoms with E-state index in [1.54, 1.807) is 0 Å². The summed E-state index contributed by atoms with van der Waals surface area (Å²) in [5.41, 5.74) is 0. The first-order valence-corrected chi connectivity index (χ1v) is 35.9. The molecule has 18 heteroatoms. The van der Waals surface area contributed by atoms with E-state index in [4.69, 9.17) is 18.9 Å². The largest absolute Gasteiger partial charge is 0.466 e.